The van der Waals surface area contributed by atoms with Gasteiger partial charge in [0.15, 0.2) is 0 Å². The van der Waals surface area contributed by atoms with Gasteiger partial charge in [0.05, 0.1) is 16.9 Å². The second kappa shape index (κ2) is 5.41. The first kappa shape index (κ1) is 15.1. The van der Waals surface area contributed by atoms with E-state index in [4.69, 9.17) is 0 Å². The van der Waals surface area contributed by atoms with Crippen LogP contribution in [0, 0.1) is 6.92 Å². The van der Waals surface area contributed by atoms with Crippen molar-refractivity contribution >= 4 is 23.0 Å². The van der Waals surface area contributed by atoms with Crippen LogP contribution in [0.3, 0.4) is 0 Å². The maximum atomic E-state index is 12.9. The molecule has 23 heavy (non-hydrogen) atoms. The summed E-state index contributed by atoms with van der Waals surface area (Å²) in [7, 11) is 1.38. The Labute approximate surface area is 129 Å². The van der Waals surface area contributed by atoms with Gasteiger partial charge in [-0.15, -0.1) is 0 Å². The highest BCUT2D eigenvalue weighted by Gasteiger charge is 2.35. The number of aryl methyl sites for hydroxylation is 1. The topological polar surface area (TPSA) is 67.1 Å². The molecule has 0 saturated heterocycles. The van der Waals surface area contributed by atoms with Gasteiger partial charge in [0.25, 0.3) is 0 Å². The summed E-state index contributed by atoms with van der Waals surface area (Å²) in [6.07, 6.45) is -1.99. The van der Waals surface area contributed by atoms with Gasteiger partial charge in [-0.2, -0.15) is 23.3 Å². The van der Waals surface area contributed by atoms with Crippen molar-refractivity contribution in [2.45, 2.75) is 13.1 Å². The molecule has 0 spiro atoms. The number of nitrogens with one attached hydrogen (secondary N) is 2. The van der Waals surface area contributed by atoms with Gasteiger partial charge in [0, 0.05) is 19.4 Å². The van der Waals surface area contributed by atoms with E-state index in [1.807, 2.05) is 18.2 Å². The molecule has 0 aromatic carbocycles. The van der Waals surface area contributed by atoms with Crippen LogP contribution in [0.4, 0.5) is 30.6 Å². The molecular weight excluding hydrogens is 309 g/mol. The highest BCUT2D eigenvalue weighted by molar-refractivity contribution is 5.77. The van der Waals surface area contributed by atoms with Crippen LogP contribution >= 0.6 is 0 Å². The Bertz CT molecular complexity index is 855. The molecule has 0 atom stereocenters. The number of rotatable bonds is 3. The number of pyridine rings is 1. The maximum Gasteiger partial charge on any atom is 0.421 e. The molecule has 9 heteroatoms. The van der Waals surface area contributed by atoms with Crippen molar-refractivity contribution in [2.24, 2.45) is 0 Å². The number of hydrogen-bond acceptors (Lipinski definition) is 5. The fourth-order valence-electron chi connectivity index (χ4n) is 2.22. The second-order valence-electron chi connectivity index (χ2n) is 4.82. The number of halogens is 3. The first-order chi connectivity index (χ1) is 10.9. The monoisotopic (exact) mass is 322 g/mol. The average Bonchev–Trinajstić information content (AvgIpc) is 2.82. The van der Waals surface area contributed by atoms with Crippen LogP contribution in [0.5, 0.6) is 0 Å². The zero-order valence-corrected chi connectivity index (χ0v) is 12.3. The van der Waals surface area contributed by atoms with E-state index in [1.54, 1.807) is 17.6 Å². The summed E-state index contributed by atoms with van der Waals surface area (Å²) in [5.74, 6) is -0.228. The summed E-state index contributed by atoms with van der Waals surface area (Å²) >= 11 is 0. The van der Waals surface area contributed by atoms with E-state index < -0.39 is 11.7 Å². The molecule has 3 aromatic rings. The molecule has 3 heterocycles. The summed E-state index contributed by atoms with van der Waals surface area (Å²) in [6.45, 7) is 1.79. The van der Waals surface area contributed by atoms with E-state index in [-0.39, 0.29) is 11.8 Å². The molecule has 0 saturated carbocycles. The van der Waals surface area contributed by atoms with Crippen LogP contribution in [0.2, 0.25) is 0 Å². The summed E-state index contributed by atoms with van der Waals surface area (Å²) in [5.41, 5.74) is 1.19. The van der Waals surface area contributed by atoms with Crippen LogP contribution in [0.1, 0.15) is 11.3 Å². The van der Waals surface area contributed by atoms with Crippen molar-refractivity contribution in [3.05, 3.63) is 41.9 Å². The summed E-state index contributed by atoms with van der Waals surface area (Å²) < 4.78 is 40.3. The maximum absolute atomic E-state index is 12.9. The van der Waals surface area contributed by atoms with E-state index in [9.17, 15) is 13.2 Å². The Morgan fingerprint density at radius 2 is 2.00 bits per heavy atom. The zero-order valence-electron chi connectivity index (χ0n) is 12.3. The van der Waals surface area contributed by atoms with Gasteiger partial charge >= 0.3 is 6.18 Å². The molecule has 0 aliphatic heterocycles. The first-order valence-electron chi connectivity index (χ1n) is 6.73. The Morgan fingerprint density at radius 3 is 2.70 bits per heavy atom. The fourth-order valence-corrected chi connectivity index (χ4v) is 2.22. The quantitative estimate of drug-likeness (QED) is 0.775. The molecular formula is C14H13F3N6. The lowest BCUT2D eigenvalue weighted by Gasteiger charge is -2.12. The molecule has 0 amide bonds. The van der Waals surface area contributed by atoms with E-state index in [0.717, 1.165) is 11.7 Å². The third kappa shape index (κ3) is 2.77. The smallest absolute Gasteiger partial charge is 0.372 e. The van der Waals surface area contributed by atoms with Gasteiger partial charge in [-0.05, 0) is 19.1 Å². The Balaban J connectivity index is 2.01. The lowest BCUT2D eigenvalue weighted by molar-refractivity contribution is -0.137. The van der Waals surface area contributed by atoms with Crippen molar-refractivity contribution in [1.82, 2.24) is 19.6 Å². The Kier molecular flexibility index (Phi) is 3.55. The van der Waals surface area contributed by atoms with Gasteiger partial charge in [0.1, 0.15) is 11.4 Å². The van der Waals surface area contributed by atoms with Gasteiger partial charge in [-0.25, -0.2) is 9.50 Å². The molecule has 0 aliphatic carbocycles. The number of nitrogens with zero attached hydrogens (tertiary/aromatic N) is 4. The van der Waals surface area contributed by atoms with Gasteiger partial charge in [-0.3, -0.25) is 0 Å². The van der Waals surface area contributed by atoms with Crippen molar-refractivity contribution in [3.63, 3.8) is 0 Å². The van der Waals surface area contributed by atoms with Crippen LogP contribution in [-0.4, -0.2) is 26.6 Å². The van der Waals surface area contributed by atoms with E-state index in [2.05, 4.69) is 25.7 Å². The molecule has 0 unspecified atom stereocenters. The zero-order chi connectivity index (χ0) is 16.6. The van der Waals surface area contributed by atoms with Crippen LogP contribution in [-0.2, 0) is 6.18 Å². The second-order valence-corrected chi connectivity index (χ2v) is 4.82. The van der Waals surface area contributed by atoms with Gasteiger partial charge in [-0.1, -0.05) is 6.07 Å². The van der Waals surface area contributed by atoms with Crippen molar-refractivity contribution in [2.75, 3.05) is 17.7 Å². The molecule has 120 valence electrons. The number of anilines is 3. The minimum Gasteiger partial charge on any atom is -0.372 e. The van der Waals surface area contributed by atoms with E-state index in [1.165, 1.54) is 7.05 Å². The average molecular weight is 322 g/mol. The van der Waals surface area contributed by atoms with Gasteiger partial charge in [0.2, 0.25) is 5.95 Å². The lowest BCUT2D eigenvalue weighted by Crippen LogP contribution is -2.12. The number of aromatic nitrogens is 4. The summed E-state index contributed by atoms with van der Waals surface area (Å²) in [6, 6.07) is 5.51. The largest absolute Gasteiger partial charge is 0.421 e. The van der Waals surface area contributed by atoms with Gasteiger partial charge < -0.3 is 10.6 Å². The lowest BCUT2D eigenvalue weighted by atomic mass is 10.3. The SMILES string of the molecule is CNc1nc(Nc2c(C)nn3ccccc23)ncc1C(F)(F)F. The standard InChI is InChI=1S/C14H13F3N6/c1-8-11(10-5-3-4-6-23(10)22-8)20-13-19-7-9(14(15,16)17)12(18-2)21-13/h3-7H,1-2H3,(H2,18,19,20,21). The number of fused-ring (bicyclic) bond motifs is 1. The minimum absolute atomic E-state index is 0.0594. The van der Waals surface area contributed by atoms with Crippen molar-refractivity contribution in [3.8, 4) is 0 Å². The van der Waals surface area contributed by atoms with Crippen molar-refractivity contribution in [1.29, 1.82) is 0 Å². The van der Waals surface area contributed by atoms with E-state index in [0.29, 0.717) is 11.4 Å². The third-order valence-corrected chi connectivity index (χ3v) is 3.28. The molecule has 3 aromatic heterocycles. The van der Waals surface area contributed by atoms with E-state index >= 15 is 0 Å². The predicted molar refractivity (Wildman–Crippen MR) is 79.8 cm³/mol. The first-order valence-corrected chi connectivity index (χ1v) is 6.73. The molecule has 0 bridgehead atoms. The number of hydrogen-bond donors (Lipinski definition) is 2. The fraction of sp³-hybridized carbons (Fsp3) is 0.214. The molecule has 2 N–H and O–H groups in total. The Hall–Kier alpha value is -2.84. The summed E-state index contributed by atoms with van der Waals surface area (Å²) in [4.78, 5) is 7.65. The van der Waals surface area contributed by atoms with Crippen LogP contribution in [0.15, 0.2) is 30.6 Å². The molecule has 6 nitrogen and oxygen atoms in total. The normalized spacial score (nSPS) is 11.7. The highest BCUT2D eigenvalue weighted by Crippen LogP contribution is 2.34. The van der Waals surface area contributed by atoms with Crippen LogP contribution in [0.25, 0.3) is 5.52 Å². The summed E-state index contributed by atoms with van der Waals surface area (Å²) in [5, 5.41) is 9.69. The molecule has 0 aliphatic rings. The van der Waals surface area contributed by atoms with Crippen LogP contribution < -0.4 is 10.6 Å². The Morgan fingerprint density at radius 1 is 1.22 bits per heavy atom. The number of alkyl halides is 3. The molecule has 3 rings (SSSR count). The molecule has 0 fully saturated rings. The highest BCUT2D eigenvalue weighted by atomic mass is 19.4. The minimum atomic E-state index is -4.52. The third-order valence-electron chi connectivity index (χ3n) is 3.28. The molecule has 0 radical (unpaired) electrons. The van der Waals surface area contributed by atoms with Crippen molar-refractivity contribution < 1.29 is 13.2 Å². The predicted octanol–water partition coefficient (Wildman–Crippen LogP) is 3.24.